The summed E-state index contributed by atoms with van der Waals surface area (Å²) < 4.78 is 29.4. The molecular weight excluding hydrogens is 372 g/mol. The summed E-state index contributed by atoms with van der Waals surface area (Å²) in [7, 11) is -7.81. The van der Waals surface area contributed by atoms with Crippen molar-refractivity contribution in [3.8, 4) is 0 Å². The lowest BCUT2D eigenvalue weighted by molar-refractivity contribution is 0.332. The van der Waals surface area contributed by atoms with Crippen LogP contribution in [0.2, 0.25) is 0 Å². The van der Waals surface area contributed by atoms with E-state index in [1.54, 1.807) is 13.8 Å². The Kier molecular flexibility index (Phi) is 8.41. The summed E-state index contributed by atoms with van der Waals surface area (Å²) in [5.41, 5.74) is 6.68. The summed E-state index contributed by atoms with van der Waals surface area (Å²) in [6.45, 7) is 4.00. The highest BCUT2D eigenvalue weighted by atomic mass is 31.2. The van der Waals surface area contributed by atoms with Crippen LogP contribution in [0, 0.1) is 0 Å². The molecule has 2 heterocycles. The van der Waals surface area contributed by atoms with Gasteiger partial charge in [0, 0.05) is 0 Å². The van der Waals surface area contributed by atoms with Gasteiger partial charge in [-0.3, -0.25) is 9.13 Å². The van der Waals surface area contributed by atoms with Crippen LogP contribution in [-0.2, 0) is 25.0 Å². The molecule has 2 saturated heterocycles. The molecule has 1 aromatic rings. The van der Waals surface area contributed by atoms with E-state index in [0.717, 1.165) is 13.0 Å². The molecule has 0 spiro atoms. The smallest absolute Gasteiger partial charge is 0.356 e. The van der Waals surface area contributed by atoms with Gasteiger partial charge in [-0.15, -0.1) is 0 Å². The first-order chi connectivity index (χ1) is 11.5. The molecule has 0 unspecified atom stereocenters. The van der Waals surface area contributed by atoms with Gasteiger partial charge < -0.3 is 34.8 Å². The van der Waals surface area contributed by atoms with Gasteiger partial charge in [0.2, 0.25) is 0 Å². The predicted octanol–water partition coefficient (Wildman–Crippen LogP) is 1.01. The van der Waals surface area contributed by atoms with Gasteiger partial charge in [0.15, 0.2) is 11.7 Å². The first kappa shape index (κ1) is 22.4. The van der Waals surface area contributed by atoms with E-state index < -0.39 is 26.9 Å². The molecule has 2 aliphatic heterocycles. The number of benzene rings is 1. The van der Waals surface area contributed by atoms with Crippen molar-refractivity contribution in [2.24, 2.45) is 5.73 Å². The lowest BCUT2D eigenvalue weighted by Gasteiger charge is -1.93. The zero-order valence-electron chi connectivity index (χ0n) is 14.0. The number of hydrogen-bond donors (Lipinski definition) is 5. The summed E-state index contributed by atoms with van der Waals surface area (Å²) >= 11 is 0. The van der Waals surface area contributed by atoms with Gasteiger partial charge in [-0.2, -0.15) is 0 Å². The van der Waals surface area contributed by atoms with Gasteiger partial charge in [-0.1, -0.05) is 30.3 Å². The Bertz CT molecular complexity index is 583. The van der Waals surface area contributed by atoms with Crippen LogP contribution >= 0.6 is 15.2 Å². The lowest BCUT2D eigenvalue weighted by Crippen LogP contribution is -2.01. The Morgan fingerprint density at radius 3 is 1.48 bits per heavy atom. The van der Waals surface area contributed by atoms with Crippen LogP contribution in [0.4, 0.5) is 0 Å². The van der Waals surface area contributed by atoms with E-state index in [1.807, 2.05) is 18.2 Å². The largest absolute Gasteiger partial charge is 0.356 e. The Hall–Kier alpha value is -0.600. The summed E-state index contributed by atoms with van der Waals surface area (Å²) in [4.78, 5) is 33.3. The quantitative estimate of drug-likeness (QED) is 0.368. The molecule has 2 fully saturated rings. The van der Waals surface area contributed by atoms with Crippen molar-refractivity contribution in [3.05, 3.63) is 35.9 Å². The van der Waals surface area contributed by atoms with Gasteiger partial charge >= 0.3 is 15.2 Å². The van der Waals surface area contributed by atoms with Crippen molar-refractivity contribution >= 4 is 15.2 Å². The van der Waals surface area contributed by atoms with E-state index in [2.05, 4.69) is 21.6 Å². The van der Waals surface area contributed by atoms with Crippen LogP contribution < -0.4 is 5.73 Å². The molecule has 1 aromatic carbocycles. The van der Waals surface area contributed by atoms with Crippen molar-refractivity contribution in [2.45, 2.75) is 44.2 Å². The molecule has 0 aromatic heterocycles. The van der Waals surface area contributed by atoms with Crippen LogP contribution in [0.15, 0.2) is 30.3 Å². The second kappa shape index (κ2) is 9.37. The highest BCUT2D eigenvalue weighted by Crippen LogP contribution is 2.53. The number of epoxide rings is 2. The third kappa shape index (κ3) is 9.06. The molecule has 3 rings (SSSR count). The molecule has 25 heavy (non-hydrogen) atoms. The number of ether oxygens (including phenoxy) is 2. The molecule has 11 heteroatoms. The van der Waals surface area contributed by atoms with Crippen molar-refractivity contribution < 1.29 is 38.2 Å². The van der Waals surface area contributed by atoms with Crippen LogP contribution in [0.5, 0.6) is 0 Å². The second-order valence-electron chi connectivity index (χ2n) is 5.67. The molecule has 2 aliphatic rings. The van der Waals surface area contributed by atoms with Crippen molar-refractivity contribution in [2.75, 3.05) is 6.54 Å². The molecular formula is C14H25NO8P2. The molecule has 4 atom stereocenters. The normalized spacial score (nSPS) is 27.3. The SMILES string of the molecule is C[C@@H]1O[C@@H]1P(=O)(O)O.C[C@H]1O[C@H]1P(=O)(O)O.NCCc1ccccc1. The maximum Gasteiger partial charge on any atom is 0.356 e. The van der Waals surface area contributed by atoms with E-state index in [1.165, 1.54) is 5.56 Å². The minimum atomic E-state index is -3.90. The molecule has 0 aliphatic carbocycles. The average molecular weight is 397 g/mol. The van der Waals surface area contributed by atoms with Gasteiger partial charge in [-0.05, 0) is 32.4 Å². The standard InChI is InChI=1S/C8H11N.2C3H7O4P/c9-7-6-8-4-2-1-3-5-8;2*1-2-3(7-2)8(4,5)6/h1-5H,6-7,9H2;2*2-3H,1H3,(H2,4,5,6)/t;2*2-,3+/m.10/s1. The minimum absolute atomic E-state index is 0.254. The van der Waals surface area contributed by atoms with Crippen molar-refractivity contribution in [1.29, 1.82) is 0 Å². The van der Waals surface area contributed by atoms with Gasteiger partial charge in [0.25, 0.3) is 0 Å². The number of hydrogen-bond acceptors (Lipinski definition) is 5. The highest BCUT2D eigenvalue weighted by Gasteiger charge is 2.49. The molecule has 6 N–H and O–H groups in total. The first-order valence-electron chi connectivity index (χ1n) is 7.62. The zero-order valence-corrected chi connectivity index (χ0v) is 15.8. The third-order valence-electron chi connectivity index (χ3n) is 3.30. The molecule has 0 saturated carbocycles. The van der Waals surface area contributed by atoms with Crippen LogP contribution in [0.1, 0.15) is 19.4 Å². The third-order valence-corrected chi connectivity index (χ3v) is 5.71. The van der Waals surface area contributed by atoms with Gasteiger partial charge in [0.05, 0.1) is 12.2 Å². The fourth-order valence-corrected chi connectivity index (χ4v) is 3.66. The van der Waals surface area contributed by atoms with Crippen LogP contribution in [0.25, 0.3) is 0 Å². The zero-order chi connectivity index (χ0) is 19.3. The minimum Gasteiger partial charge on any atom is -0.356 e. The summed E-state index contributed by atoms with van der Waals surface area (Å²) in [5, 5.41) is 0. The van der Waals surface area contributed by atoms with E-state index in [-0.39, 0.29) is 12.2 Å². The number of nitrogens with two attached hydrogens (primary N) is 1. The lowest BCUT2D eigenvalue weighted by atomic mass is 10.2. The molecule has 0 amide bonds. The monoisotopic (exact) mass is 397 g/mol. The van der Waals surface area contributed by atoms with Crippen molar-refractivity contribution in [3.63, 3.8) is 0 Å². The first-order valence-corrected chi connectivity index (χ1v) is 11.0. The maximum atomic E-state index is 10.2. The summed E-state index contributed by atoms with van der Waals surface area (Å²) in [5.74, 6) is -1.63. The van der Waals surface area contributed by atoms with E-state index in [4.69, 9.17) is 25.3 Å². The second-order valence-corrected chi connectivity index (χ2v) is 9.04. The molecule has 0 radical (unpaired) electrons. The molecule has 144 valence electrons. The van der Waals surface area contributed by atoms with E-state index in [0.29, 0.717) is 0 Å². The molecule has 0 bridgehead atoms. The Labute approximate surface area is 146 Å². The van der Waals surface area contributed by atoms with Gasteiger partial charge in [-0.25, -0.2) is 0 Å². The molecule has 9 nitrogen and oxygen atoms in total. The number of rotatable bonds is 4. The Balaban J connectivity index is 0.000000188. The summed E-state index contributed by atoms with van der Waals surface area (Å²) in [6, 6.07) is 10.3. The predicted molar refractivity (Wildman–Crippen MR) is 92.0 cm³/mol. The Morgan fingerprint density at radius 2 is 1.28 bits per heavy atom. The maximum absolute atomic E-state index is 10.2. The average Bonchev–Trinajstić information content (AvgIpc) is 3.38. The van der Waals surface area contributed by atoms with E-state index >= 15 is 0 Å². The van der Waals surface area contributed by atoms with Crippen LogP contribution in [0.3, 0.4) is 0 Å². The highest BCUT2D eigenvalue weighted by molar-refractivity contribution is 7.53. The van der Waals surface area contributed by atoms with Crippen LogP contribution in [-0.4, -0.2) is 50.0 Å². The summed E-state index contributed by atoms with van der Waals surface area (Å²) in [6.07, 6.45) is 0.479. The van der Waals surface area contributed by atoms with Crippen molar-refractivity contribution in [1.82, 2.24) is 0 Å². The Morgan fingerprint density at radius 1 is 0.920 bits per heavy atom. The fourth-order valence-electron chi connectivity index (χ4n) is 1.87. The fraction of sp³-hybridized carbons (Fsp3) is 0.571. The van der Waals surface area contributed by atoms with Gasteiger partial charge in [0.1, 0.15) is 0 Å². The topological polar surface area (TPSA) is 166 Å². The van der Waals surface area contributed by atoms with E-state index in [9.17, 15) is 9.13 Å².